The Morgan fingerprint density at radius 1 is 0.870 bits per heavy atom. The molecule has 4 heteroatoms. The van der Waals surface area contributed by atoms with E-state index in [1.165, 1.54) is 71.5 Å². The third kappa shape index (κ3) is 3.65. The topological polar surface area (TPSA) is 33.6 Å². The molecule has 0 aromatic rings. The molecule has 1 saturated carbocycles. The molecule has 2 aliphatic carbocycles. The van der Waals surface area contributed by atoms with Crippen LogP contribution in [0.2, 0.25) is 0 Å². The van der Waals surface area contributed by atoms with E-state index >= 15 is 0 Å². The monoisotopic (exact) mass is 322 g/mol. The largest absolute Gasteiger partial charge is 0.391 e. The fourth-order valence-corrected chi connectivity index (χ4v) is 5.88. The van der Waals surface area contributed by atoms with Gasteiger partial charge in [0.25, 0.3) is 0 Å². The van der Waals surface area contributed by atoms with E-state index in [9.17, 15) is 0 Å². The highest BCUT2D eigenvalue weighted by Crippen LogP contribution is 2.42. The Labute approximate surface area is 141 Å². The van der Waals surface area contributed by atoms with Crippen molar-refractivity contribution in [3.05, 3.63) is 12.2 Å². The molecule has 23 heavy (non-hydrogen) atoms. The molecule has 0 amide bonds. The summed E-state index contributed by atoms with van der Waals surface area (Å²) in [6.07, 6.45) is 10.8. The smallest absolute Gasteiger partial charge is 0.127 e. The predicted molar refractivity (Wildman–Crippen MR) is 90.8 cm³/mol. The van der Waals surface area contributed by atoms with Crippen molar-refractivity contribution in [1.82, 2.24) is 0 Å². The number of likely N-dealkylation sites (tertiary alicyclic amines) is 1. The molecule has 4 rings (SSSR count). The Bertz CT molecular complexity index is 411. The molecule has 0 radical (unpaired) electrons. The maximum atomic E-state index is 9.08. The molecule has 2 heterocycles. The van der Waals surface area contributed by atoms with E-state index in [0.29, 0.717) is 6.61 Å². The Morgan fingerprint density at radius 2 is 1.65 bits per heavy atom. The normalized spacial score (nSPS) is 46.4. The number of fused-ring (bicyclic) bond motifs is 2. The summed E-state index contributed by atoms with van der Waals surface area (Å²) in [6, 6.07) is 0.925. The van der Waals surface area contributed by atoms with Gasteiger partial charge in [0.1, 0.15) is 32.7 Å². The van der Waals surface area contributed by atoms with E-state index in [1.807, 2.05) is 9.80 Å². The Morgan fingerprint density at radius 3 is 2.26 bits per heavy atom. The quantitative estimate of drug-likeness (QED) is 0.401. The molecule has 2 saturated heterocycles. The molecular formula is C19H36N3O+3. The minimum Gasteiger partial charge on any atom is -0.391 e. The zero-order valence-corrected chi connectivity index (χ0v) is 14.6. The van der Waals surface area contributed by atoms with Crippen LogP contribution < -0.4 is 14.7 Å². The lowest BCUT2D eigenvalue weighted by Crippen LogP contribution is -3.30. The summed E-state index contributed by atoms with van der Waals surface area (Å²) in [7, 11) is 0. The van der Waals surface area contributed by atoms with E-state index < -0.39 is 0 Å². The number of quaternary nitrogens is 3. The van der Waals surface area contributed by atoms with Gasteiger partial charge in [-0.05, 0) is 24.7 Å². The summed E-state index contributed by atoms with van der Waals surface area (Å²) in [5.74, 6) is 2.86. The zero-order valence-electron chi connectivity index (χ0n) is 14.6. The van der Waals surface area contributed by atoms with Crippen LogP contribution in [-0.4, -0.2) is 70.1 Å². The van der Waals surface area contributed by atoms with E-state index in [1.54, 1.807) is 4.90 Å². The van der Waals surface area contributed by atoms with Crippen LogP contribution in [-0.2, 0) is 0 Å². The fourth-order valence-electron chi connectivity index (χ4n) is 5.88. The number of piperidine rings is 1. The second kappa shape index (κ2) is 7.22. The van der Waals surface area contributed by atoms with Crippen molar-refractivity contribution < 1.29 is 19.8 Å². The average molecular weight is 323 g/mol. The molecule has 0 spiro atoms. The third-order valence-electron chi connectivity index (χ3n) is 7.30. The summed E-state index contributed by atoms with van der Waals surface area (Å²) in [5, 5.41) is 9.08. The molecule has 4 nitrogen and oxygen atoms in total. The van der Waals surface area contributed by atoms with Gasteiger partial charge in [0.15, 0.2) is 0 Å². The van der Waals surface area contributed by atoms with E-state index in [4.69, 9.17) is 5.11 Å². The molecule has 4 aliphatic rings. The second-order valence-corrected chi connectivity index (χ2v) is 8.65. The maximum Gasteiger partial charge on any atom is 0.127 e. The van der Waals surface area contributed by atoms with Crippen LogP contribution in [0.4, 0.5) is 0 Å². The number of rotatable bonds is 5. The lowest BCUT2D eigenvalue weighted by atomic mass is 9.92. The van der Waals surface area contributed by atoms with Gasteiger partial charge in [0, 0.05) is 18.8 Å². The van der Waals surface area contributed by atoms with Crippen LogP contribution in [0.5, 0.6) is 0 Å². The SMILES string of the molecule is OCC[NH+]1CC[NH+](C2CC[NH+](C[C@@H]3C[C@@H]4C=C[C@H]3C4)CC2)CC1. The number of hydrogen-bond acceptors (Lipinski definition) is 1. The second-order valence-electron chi connectivity index (χ2n) is 8.65. The van der Waals surface area contributed by atoms with Crippen LogP contribution in [0.3, 0.4) is 0 Å². The van der Waals surface area contributed by atoms with Crippen molar-refractivity contribution >= 4 is 0 Å². The first-order valence-corrected chi connectivity index (χ1v) is 10.1. The summed E-state index contributed by atoms with van der Waals surface area (Å²) in [6.45, 7) is 10.8. The fraction of sp³-hybridized carbons (Fsp3) is 0.895. The van der Waals surface area contributed by atoms with Crippen molar-refractivity contribution in [3.8, 4) is 0 Å². The van der Waals surface area contributed by atoms with Gasteiger partial charge in [-0.25, -0.2) is 0 Å². The van der Waals surface area contributed by atoms with Crippen molar-refractivity contribution in [2.75, 3.05) is 59.0 Å². The summed E-state index contributed by atoms with van der Waals surface area (Å²) in [4.78, 5) is 5.38. The van der Waals surface area contributed by atoms with E-state index in [2.05, 4.69) is 12.2 Å². The minimum atomic E-state index is 0.352. The van der Waals surface area contributed by atoms with E-state index in [-0.39, 0.29) is 0 Å². The van der Waals surface area contributed by atoms with Crippen LogP contribution >= 0.6 is 0 Å². The van der Waals surface area contributed by atoms with Gasteiger partial charge in [-0.1, -0.05) is 12.2 Å². The van der Waals surface area contributed by atoms with Gasteiger partial charge < -0.3 is 19.8 Å². The molecule has 2 bridgehead atoms. The number of nitrogens with one attached hydrogen (secondary N) is 3. The van der Waals surface area contributed by atoms with Crippen molar-refractivity contribution in [1.29, 1.82) is 0 Å². The first-order chi connectivity index (χ1) is 11.3. The molecule has 0 aromatic heterocycles. The highest BCUT2D eigenvalue weighted by atomic mass is 16.3. The number of allylic oxidation sites excluding steroid dienone is 2. The molecule has 3 fully saturated rings. The van der Waals surface area contributed by atoms with Crippen molar-refractivity contribution in [2.45, 2.75) is 31.7 Å². The van der Waals surface area contributed by atoms with Gasteiger partial charge in [0.2, 0.25) is 0 Å². The number of aliphatic hydroxyl groups is 1. The van der Waals surface area contributed by atoms with E-state index in [0.717, 1.165) is 30.3 Å². The minimum absolute atomic E-state index is 0.352. The third-order valence-corrected chi connectivity index (χ3v) is 7.30. The van der Waals surface area contributed by atoms with Crippen LogP contribution in [0.15, 0.2) is 12.2 Å². The molecule has 0 aromatic carbocycles. The van der Waals surface area contributed by atoms with Crippen molar-refractivity contribution in [2.24, 2.45) is 17.8 Å². The highest BCUT2D eigenvalue weighted by Gasteiger charge is 2.39. The Hall–Kier alpha value is -0.420. The van der Waals surface area contributed by atoms with Crippen LogP contribution in [0.25, 0.3) is 0 Å². The molecule has 2 aliphatic heterocycles. The van der Waals surface area contributed by atoms with Crippen LogP contribution in [0.1, 0.15) is 25.7 Å². The highest BCUT2D eigenvalue weighted by molar-refractivity contribution is 5.09. The van der Waals surface area contributed by atoms with Gasteiger partial charge in [-0.3, -0.25) is 0 Å². The maximum absolute atomic E-state index is 9.08. The molecular weight excluding hydrogens is 286 g/mol. The van der Waals surface area contributed by atoms with Crippen LogP contribution in [0, 0.1) is 17.8 Å². The molecule has 4 N–H and O–H groups in total. The number of piperazine rings is 1. The van der Waals surface area contributed by atoms with Gasteiger partial charge in [0.05, 0.1) is 32.3 Å². The average Bonchev–Trinajstić information content (AvgIpc) is 3.20. The Kier molecular flexibility index (Phi) is 5.04. The number of hydrogen-bond donors (Lipinski definition) is 4. The summed E-state index contributed by atoms with van der Waals surface area (Å²) >= 11 is 0. The van der Waals surface area contributed by atoms with Gasteiger partial charge in [-0.15, -0.1) is 0 Å². The molecule has 130 valence electrons. The standard InChI is InChI=1S/C19H33N3O/c23-12-11-20-7-9-22(10-8-20)19-3-5-21(6-4-19)15-18-14-16-1-2-17(18)13-16/h1-2,16-19,23H,3-15H2/p+3/t16-,17+,18+/m1/s1. The summed E-state index contributed by atoms with van der Waals surface area (Å²) in [5.41, 5.74) is 0. The first kappa shape index (κ1) is 16.1. The lowest BCUT2D eigenvalue weighted by Gasteiger charge is -2.38. The molecule has 3 atom stereocenters. The van der Waals surface area contributed by atoms with Crippen molar-refractivity contribution in [3.63, 3.8) is 0 Å². The Balaban J connectivity index is 1.19. The predicted octanol–water partition coefficient (Wildman–Crippen LogP) is -2.98. The lowest BCUT2D eigenvalue weighted by molar-refractivity contribution is -1.03. The van der Waals surface area contributed by atoms with Gasteiger partial charge >= 0.3 is 0 Å². The molecule has 0 unspecified atom stereocenters. The summed E-state index contributed by atoms with van der Waals surface area (Å²) < 4.78 is 0. The number of aliphatic hydroxyl groups excluding tert-OH is 1. The zero-order chi connectivity index (χ0) is 15.6. The van der Waals surface area contributed by atoms with Gasteiger partial charge in [-0.2, -0.15) is 0 Å². The first-order valence-electron chi connectivity index (χ1n) is 10.1.